The van der Waals surface area contributed by atoms with E-state index in [1.54, 1.807) is 24.7 Å². The van der Waals surface area contributed by atoms with Gasteiger partial charge in [-0.2, -0.15) is 5.10 Å². The average Bonchev–Trinajstić information content (AvgIpc) is 2.73. The van der Waals surface area contributed by atoms with Crippen molar-refractivity contribution in [3.63, 3.8) is 0 Å². The molecule has 0 bridgehead atoms. The van der Waals surface area contributed by atoms with E-state index in [0.717, 1.165) is 0 Å². The van der Waals surface area contributed by atoms with Gasteiger partial charge in [-0.25, -0.2) is 9.37 Å². The molecule has 96 valence electrons. The normalized spacial score (nSPS) is 12.4. The molecule has 1 heterocycles. The molecule has 0 unspecified atom stereocenters. The number of nitrogens with zero attached hydrogens (tertiary/aromatic N) is 3. The van der Waals surface area contributed by atoms with Crippen molar-refractivity contribution in [1.29, 1.82) is 0 Å². The Balaban J connectivity index is 2.16. The fraction of sp³-hybridized carbons (Fsp3) is 0.333. The van der Waals surface area contributed by atoms with Crippen LogP contribution in [0.15, 0.2) is 24.5 Å². The van der Waals surface area contributed by atoms with Crippen molar-refractivity contribution >= 4 is 0 Å². The first kappa shape index (κ1) is 12.5. The van der Waals surface area contributed by atoms with E-state index in [2.05, 4.69) is 10.1 Å². The topological polar surface area (TPSA) is 66.0 Å². The van der Waals surface area contributed by atoms with Crippen molar-refractivity contribution < 1.29 is 9.13 Å². The third-order valence-corrected chi connectivity index (χ3v) is 2.62. The zero-order chi connectivity index (χ0) is 13.1. The number of hydrogen-bond donors (Lipinski definition) is 1. The fourth-order valence-electron chi connectivity index (χ4n) is 1.60. The second-order valence-electron chi connectivity index (χ2n) is 4.06. The van der Waals surface area contributed by atoms with Crippen LogP contribution in [0.3, 0.4) is 0 Å². The molecule has 0 aliphatic heterocycles. The van der Waals surface area contributed by atoms with E-state index < -0.39 is 0 Å². The number of hydrogen-bond acceptors (Lipinski definition) is 4. The number of rotatable bonds is 4. The summed E-state index contributed by atoms with van der Waals surface area (Å²) in [5.41, 5.74) is 6.42. The first-order chi connectivity index (χ1) is 8.58. The Bertz CT molecular complexity index is 539. The third kappa shape index (κ3) is 2.65. The van der Waals surface area contributed by atoms with Crippen LogP contribution in [0.2, 0.25) is 0 Å². The molecule has 0 spiro atoms. The Kier molecular flexibility index (Phi) is 3.57. The minimum atomic E-state index is -0.326. The van der Waals surface area contributed by atoms with E-state index in [9.17, 15) is 4.39 Å². The molecule has 0 aliphatic rings. The smallest absolute Gasteiger partial charge is 0.164 e. The van der Waals surface area contributed by atoms with Crippen LogP contribution >= 0.6 is 0 Å². The maximum atomic E-state index is 13.1. The van der Waals surface area contributed by atoms with Gasteiger partial charge in [0.25, 0.3) is 0 Å². The number of benzene rings is 1. The number of nitrogens with two attached hydrogens (primary N) is 1. The van der Waals surface area contributed by atoms with E-state index in [1.807, 2.05) is 0 Å². The van der Waals surface area contributed by atoms with E-state index in [4.69, 9.17) is 10.5 Å². The Labute approximate surface area is 104 Å². The minimum absolute atomic E-state index is 0.266. The van der Waals surface area contributed by atoms with Gasteiger partial charge in [-0.3, -0.25) is 4.68 Å². The predicted octanol–water partition coefficient (Wildman–Crippen LogP) is 1.55. The van der Waals surface area contributed by atoms with Crippen molar-refractivity contribution in [2.45, 2.75) is 19.6 Å². The molecule has 5 nitrogen and oxygen atoms in total. The highest BCUT2D eigenvalue weighted by Crippen LogP contribution is 2.25. The van der Waals surface area contributed by atoms with Gasteiger partial charge in [-0.15, -0.1) is 0 Å². The monoisotopic (exact) mass is 250 g/mol. The van der Waals surface area contributed by atoms with E-state index >= 15 is 0 Å². The lowest BCUT2D eigenvalue weighted by molar-refractivity contribution is 0.285. The first-order valence-corrected chi connectivity index (χ1v) is 5.58. The number of ether oxygens (including phenoxy) is 1. The summed E-state index contributed by atoms with van der Waals surface area (Å²) in [6.07, 6.45) is 1.45. The van der Waals surface area contributed by atoms with E-state index in [1.165, 1.54) is 18.5 Å². The lowest BCUT2D eigenvalue weighted by Gasteiger charge is -2.13. The standard InChI is InChI=1S/C12H15FN4O/c1-8(14)10-5-9(13)3-4-11(10)18-6-12-15-7-16-17(12)2/h3-5,7-8H,6,14H2,1-2H3/t8-/m0/s1. The molecule has 0 saturated heterocycles. The second-order valence-corrected chi connectivity index (χ2v) is 4.06. The summed E-state index contributed by atoms with van der Waals surface area (Å²) in [7, 11) is 1.78. The summed E-state index contributed by atoms with van der Waals surface area (Å²) in [4.78, 5) is 4.04. The van der Waals surface area contributed by atoms with Crippen LogP contribution in [-0.2, 0) is 13.7 Å². The number of aryl methyl sites for hydroxylation is 1. The van der Waals surface area contributed by atoms with Crippen LogP contribution in [0.4, 0.5) is 4.39 Å². The molecule has 0 amide bonds. The third-order valence-electron chi connectivity index (χ3n) is 2.62. The largest absolute Gasteiger partial charge is 0.485 e. The maximum Gasteiger partial charge on any atom is 0.164 e. The van der Waals surface area contributed by atoms with Crippen molar-refractivity contribution in [3.8, 4) is 5.75 Å². The van der Waals surface area contributed by atoms with Gasteiger partial charge in [0.2, 0.25) is 0 Å². The molecule has 0 fully saturated rings. The van der Waals surface area contributed by atoms with Gasteiger partial charge in [0.15, 0.2) is 5.82 Å². The molecule has 2 aromatic rings. The highest BCUT2D eigenvalue weighted by atomic mass is 19.1. The lowest BCUT2D eigenvalue weighted by atomic mass is 10.1. The van der Waals surface area contributed by atoms with Gasteiger partial charge in [0, 0.05) is 18.7 Å². The Morgan fingerprint density at radius 2 is 2.28 bits per heavy atom. The van der Waals surface area contributed by atoms with Crippen molar-refractivity contribution in [2.24, 2.45) is 12.8 Å². The van der Waals surface area contributed by atoms with Gasteiger partial charge >= 0.3 is 0 Å². The molecule has 0 radical (unpaired) electrons. The predicted molar refractivity (Wildman–Crippen MR) is 64.3 cm³/mol. The van der Waals surface area contributed by atoms with E-state index in [0.29, 0.717) is 17.1 Å². The molecule has 1 aromatic heterocycles. The van der Waals surface area contributed by atoms with Crippen LogP contribution in [0.5, 0.6) is 5.75 Å². The van der Waals surface area contributed by atoms with E-state index in [-0.39, 0.29) is 18.5 Å². The van der Waals surface area contributed by atoms with Gasteiger partial charge in [-0.05, 0) is 25.1 Å². The summed E-state index contributed by atoms with van der Waals surface area (Å²) < 4.78 is 20.4. The minimum Gasteiger partial charge on any atom is -0.485 e. The van der Waals surface area contributed by atoms with Crippen LogP contribution in [0.1, 0.15) is 24.4 Å². The van der Waals surface area contributed by atoms with Gasteiger partial charge < -0.3 is 10.5 Å². The Morgan fingerprint density at radius 3 is 2.89 bits per heavy atom. The summed E-state index contributed by atoms with van der Waals surface area (Å²) in [6.45, 7) is 2.05. The molecule has 0 aliphatic carbocycles. The molecule has 2 N–H and O–H groups in total. The molecule has 6 heteroatoms. The summed E-state index contributed by atoms with van der Waals surface area (Å²) >= 11 is 0. The van der Waals surface area contributed by atoms with Crippen LogP contribution in [0.25, 0.3) is 0 Å². The molecular weight excluding hydrogens is 235 g/mol. The number of halogens is 1. The zero-order valence-corrected chi connectivity index (χ0v) is 10.3. The van der Waals surface area contributed by atoms with Gasteiger partial charge in [0.1, 0.15) is 24.5 Å². The van der Waals surface area contributed by atoms with Crippen molar-refractivity contribution in [2.75, 3.05) is 0 Å². The lowest BCUT2D eigenvalue weighted by Crippen LogP contribution is -2.10. The highest BCUT2D eigenvalue weighted by Gasteiger charge is 2.10. The molecule has 2 rings (SSSR count). The van der Waals surface area contributed by atoms with Crippen molar-refractivity contribution in [3.05, 3.63) is 41.7 Å². The fourth-order valence-corrected chi connectivity index (χ4v) is 1.60. The SMILES string of the molecule is C[C@H](N)c1cc(F)ccc1OCc1ncnn1C. The Morgan fingerprint density at radius 1 is 1.50 bits per heavy atom. The Hall–Kier alpha value is -1.95. The average molecular weight is 250 g/mol. The van der Waals surface area contributed by atoms with Crippen LogP contribution in [-0.4, -0.2) is 14.8 Å². The highest BCUT2D eigenvalue weighted by molar-refractivity contribution is 5.36. The van der Waals surface area contributed by atoms with Crippen LogP contribution in [0, 0.1) is 5.82 Å². The number of aromatic nitrogens is 3. The molecule has 0 saturated carbocycles. The van der Waals surface area contributed by atoms with Crippen LogP contribution < -0.4 is 10.5 Å². The summed E-state index contributed by atoms with van der Waals surface area (Å²) in [5, 5.41) is 3.94. The second kappa shape index (κ2) is 5.14. The molecule has 18 heavy (non-hydrogen) atoms. The van der Waals surface area contributed by atoms with Gasteiger partial charge in [0.05, 0.1) is 0 Å². The maximum absolute atomic E-state index is 13.1. The van der Waals surface area contributed by atoms with Gasteiger partial charge in [-0.1, -0.05) is 0 Å². The molecule has 1 aromatic carbocycles. The molecular formula is C12H15FN4O. The first-order valence-electron chi connectivity index (χ1n) is 5.58. The quantitative estimate of drug-likeness (QED) is 0.894. The molecule has 1 atom stereocenters. The van der Waals surface area contributed by atoms with Crippen molar-refractivity contribution in [1.82, 2.24) is 14.8 Å². The summed E-state index contributed by atoms with van der Waals surface area (Å²) in [6, 6.07) is 4.01. The zero-order valence-electron chi connectivity index (χ0n) is 10.3. The summed E-state index contributed by atoms with van der Waals surface area (Å²) in [5.74, 6) is 0.928.